The average Bonchev–Trinajstić information content (AvgIpc) is 2.74. The van der Waals surface area contributed by atoms with Crippen LogP contribution in [0.2, 0.25) is 0 Å². The Morgan fingerprint density at radius 1 is 1.45 bits per heavy atom. The summed E-state index contributed by atoms with van der Waals surface area (Å²) in [5, 5.41) is 28.2. The first kappa shape index (κ1) is 16.4. The predicted octanol–water partition coefficient (Wildman–Crippen LogP) is -1.08. The molecule has 1 aliphatic rings. The standard InChI is InChI=1S/C13H18O7/c1-2-3-9(14)10(15)4-5-11(16)19-6-8-7-20-13(18)12(8)17/h2-5,8-10,12,14-15,17H,6-7H2,1H3/b3-2+,5-4+. The molecular weight excluding hydrogens is 268 g/mol. The summed E-state index contributed by atoms with van der Waals surface area (Å²) < 4.78 is 9.39. The van der Waals surface area contributed by atoms with Crippen molar-refractivity contribution < 1.29 is 34.4 Å². The smallest absolute Gasteiger partial charge is 0.335 e. The molecule has 0 spiro atoms. The first-order chi connectivity index (χ1) is 9.45. The highest BCUT2D eigenvalue weighted by Gasteiger charge is 2.35. The number of esters is 2. The molecule has 20 heavy (non-hydrogen) atoms. The number of rotatable bonds is 6. The number of ether oxygens (including phenoxy) is 2. The summed E-state index contributed by atoms with van der Waals surface area (Å²) in [4.78, 5) is 22.2. The molecule has 0 aromatic rings. The van der Waals surface area contributed by atoms with E-state index in [1.807, 2.05) is 0 Å². The third-order valence-corrected chi connectivity index (χ3v) is 2.74. The zero-order valence-electron chi connectivity index (χ0n) is 11.0. The number of aliphatic hydroxyl groups excluding tert-OH is 3. The lowest BCUT2D eigenvalue weighted by molar-refractivity contribution is -0.146. The Labute approximate surface area is 116 Å². The molecule has 0 aliphatic carbocycles. The van der Waals surface area contributed by atoms with Gasteiger partial charge in [-0.3, -0.25) is 0 Å². The molecule has 0 aromatic heterocycles. The number of cyclic esters (lactones) is 1. The first-order valence-corrected chi connectivity index (χ1v) is 6.14. The molecule has 4 atom stereocenters. The number of carbonyl (C=O) groups is 2. The third-order valence-electron chi connectivity index (χ3n) is 2.74. The minimum Gasteiger partial charge on any atom is -0.463 e. The molecule has 0 aromatic carbocycles. The molecule has 1 fully saturated rings. The van der Waals surface area contributed by atoms with Crippen LogP contribution in [0, 0.1) is 5.92 Å². The van der Waals surface area contributed by atoms with Crippen molar-refractivity contribution in [1.29, 1.82) is 0 Å². The Bertz CT molecular complexity index is 402. The number of allylic oxidation sites excluding steroid dienone is 1. The van der Waals surface area contributed by atoms with Gasteiger partial charge in [0.05, 0.1) is 5.92 Å². The number of carbonyl (C=O) groups excluding carboxylic acids is 2. The molecule has 1 aliphatic heterocycles. The van der Waals surface area contributed by atoms with Crippen LogP contribution in [0.15, 0.2) is 24.3 Å². The summed E-state index contributed by atoms with van der Waals surface area (Å²) in [6.45, 7) is 1.52. The highest BCUT2D eigenvalue weighted by Crippen LogP contribution is 2.15. The molecule has 1 saturated heterocycles. The van der Waals surface area contributed by atoms with Gasteiger partial charge in [0.2, 0.25) is 0 Å². The second-order valence-electron chi connectivity index (χ2n) is 4.33. The van der Waals surface area contributed by atoms with Gasteiger partial charge in [0, 0.05) is 6.08 Å². The van der Waals surface area contributed by atoms with Gasteiger partial charge in [0.25, 0.3) is 0 Å². The Kier molecular flexibility index (Phi) is 6.37. The Hall–Kier alpha value is -1.70. The zero-order valence-corrected chi connectivity index (χ0v) is 11.0. The number of hydrogen-bond donors (Lipinski definition) is 3. The number of hydrogen-bond acceptors (Lipinski definition) is 7. The summed E-state index contributed by atoms with van der Waals surface area (Å²) in [6.07, 6.45) is 1.40. The highest BCUT2D eigenvalue weighted by atomic mass is 16.6. The van der Waals surface area contributed by atoms with Crippen molar-refractivity contribution in [2.45, 2.75) is 25.2 Å². The fourth-order valence-corrected chi connectivity index (χ4v) is 1.54. The average molecular weight is 286 g/mol. The van der Waals surface area contributed by atoms with Gasteiger partial charge in [-0.05, 0) is 13.0 Å². The van der Waals surface area contributed by atoms with E-state index in [2.05, 4.69) is 4.74 Å². The van der Waals surface area contributed by atoms with Crippen molar-refractivity contribution in [1.82, 2.24) is 0 Å². The predicted molar refractivity (Wildman–Crippen MR) is 67.4 cm³/mol. The highest BCUT2D eigenvalue weighted by molar-refractivity contribution is 5.82. The van der Waals surface area contributed by atoms with Crippen LogP contribution < -0.4 is 0 Å². The molecule has 7 heteroatoms. The van der Waals surface area contributed by atoms with E-state index in [-0.39, 0.29) is 13.2 Å². The molecule has 4 unspecified atom stereocenters. The van der Waals surface area contributed by atoms with Gasteiger partial charge in [0.15, 0.2) is 6.10 Å². The normalized spacial score (nSPS) is 25.9. The van der Waals surface area contributed by atoms with Crippen LogP contribution in [0.3, 0.4) is 0 Å². The van der Waals surface area contributed by atoms with Gasteiger partial charge in [-0.1, -0.05) is 12.2 Å². The lowest BCUT2D eigenvalue weighted by Gasteiger charge is -2.11. The van der Waals surface area contributed by atoms with Crippen molar-refractivity contribution in [2.24, 2.45) is 5.92 Å². The van der Waals surface area contributed by atoms with Crippen LogP contribution in [0.5, 0.6) is 0 Å². The summed E-state index contributed by atoms with van der Waals surface area (Å²) >= 11 is 0. The Morgan fingerprint density at radius 2 is 2.10 bits per heavy atom. The van der Waals surface area contributed by atoms with Gasteiger partial charge in [-0.15, -0.1) is 0 Å². The van der Waals surface area contributed by atoms with E-state index in [1.54, 1.807) is 13.0 Å². The van der Waals surface area contributed by atoms with E-state index >= 15 is 0 Å². The molecular formula is C13H18O7. The lowest BCUT2D eigenvalue weighted by Crippen LogP contribution is -2.26. The summed E-state index contributed by atoms with van der Waals surface area (Å²) in [5.74, 6) is -2.06. The van der Waals surface area contributed by atoms with Crippen LogP contribution >= 0.6 is 0 Å². The van der Waals surface area contributed by atoms with Crippen molar-refractivity contribution in [3.63, 3.8) is 0 Å². The lowest BCUT2D eigenvalue weighted by atomic mass is 10.1. The van der Waals surface area contributed by atoms with Crippen molar-refractivity contribution in [3.8, 4) is 0 Å². The fourth-order valence-electron chi connectivity index (χ4n) is 1.54. The molecule has 112 valence electrons. The van der Waals surface area contributed by atoms with E-state index in [0.29, 0.717) is 0 Å². The summed E-state index contributed by atoms with van der Waals surface area (Å²) in [5.41, 5.74) is 0. The van der Waals surface area contributed by atoms with Crippen LogP contribution in [0.1, 0.15) is 6.92 Å². The first-order valence-electron chi connectivity index (χ1n) is 6.14. The third kappa shape index (κ3) is 4.76. The van der Waals surface area contributed by atoms with E-state index in [9.17, 15) is 24.9 Å². The SMILES string of the molecule is C/C=C/C(O)C(O)/C=C/C(=O)OCC1COC(=O)C1O. The minimum absolute atomic E-state index is 0.000369. The second-order valence-corrected chi connectivity index (χ2v) is 4.33. The molecule has 1 heterocycles. The van der Waals surface area contributed by atoms with Gasteiger partial charge in [0.1, 0.15) is 25.4 Å². The van der Waals surface area contributed by atoms with E-state index in [1.165, 1.54) is 6.08 Å². The monoisotopic (exact) mass is 286 g/mol. The van der Waals surface area contributed by atoms with E-state index in [4.69, 9.17) is 4.74 Å². The number of aliphatic hydroxyl groups is 3. The maximum Gasteiger partial charge on any atom is 0.335 e. The fraction of sp³-hybridized carbons (Fsp3) is 0.538. The topological polar surface area (TPSA) is 113 Å². The van der Waals surface area contributed by atoms with E-state index in [0.717, 1.165) is 12.2 Å². The summed E-state index contributed by atoms with van der Waals surface area (Å²) in [7, 11) is 0. The minimum atomic E-state index is -1.28. The molecule has 0 radical (unpaired) electrons. The molecule has 3 N–H and O–H groups in total. The molecule has 1 rings (SSSR count). The van der Waals surface area contributed by atoms with Crippen LogP contribution in [-0.4, -0.2) is 58.8 Å². The Balaban J connectivity index is 2.35. The molecule has 7 nitrogen and oxygen atoms in total. The van der Waals surface area contributed by atoms with Crippen molar-refractivity contribution in [2.75, 3.05) is 13.2 Å². The van der Waals surface area contributed by atoms with Crippen LogP contribution in [0.4, 0.5) is 0 Å². The van der Waals surface area contributed by atoms with Gasteiger partial charge in [-0.2, -0.15) is 0 Å². The molecule has 0 saturated carbocycles. The summed E-state index contributed by atoms with van der Waals surface area (Å²) in [6, 6.07) is 0. The van der Waals surface area contributed by atoms with Crippen molar-refractivity contribution in [3.05, 3.63) is 24.3 Å². The van der Waals surface area contributed by atoms with Gasteiger partial charge in [-0.25, -0.2) is 9.59 Å². The molecule has 0 amide bonds. The Morgan fingerprint density at radius 3 is 2.65 bits per heavy atom. The largest absolute Gasteiger partial charge is 0.463 e. The second kappa shape index (κ2) is 7.78. The molecule has 0 bridgehead atoms. The van der Waals surface area contributed by atoms with Gasteiger partial charge >= 0.3 is 11.9 Å². The maximum absolute atomic E-state index is 11.3. The van der Waals surface area contributed by atoms with Crippen LogP contribution in [0.25, 0.3) is 0 Å². The van der Waals surface area contributed by atoms with E-state index < -0.39 is 36.2 Å². The van der Waals surface area contributed by atoms with Crippen molar-refractivity contribution >= 4 is 11.9 Å². The van der Waals surface area contributed by atoms with Crippen LogP contribution in [-0.2, 0) is 19.1 Å². The zero-order chi connectivity index (χ0) is 15.1. The van der Waals surface area contributed by atoms with Gasteiger partial charge < -0.3 is 24.8 Å². The quantitative estimate of drug-likeness (QED) is 0.323. The maximum atomic E-state index is 11.3.